The zero-order valence-electron chi connectivity index (χ0n) is 14.6. The number of carboxylic acids is 1. The number of nitrogens with zero attached hydrogens (tertiary/aromatic N) is 1. The van der Waals surface area contributed by atoms with Crippen LogP contribution in [-0.4, -0.2) is 64.3 Å². The van der Waals surface area contributed by atoms with E-state index in [9.17, 15) is 24.3 Å². The van der Waals surface area contributed by atoms with Crippen molar-refractivity contribution in [3.05, 3.63) is 0 Å². The van der Waals surface area contributed by atoms with Gasteiger partial charge in [0.05, 0.1) is 6.54 Å². The predicted octanol–water partition coefficient (Wildman–Crippen LogP) is 0.661. The molecule has 3 fully saturated rings. The lowest BCUT2D eigenvalue weighted by molar-refractivity contribution is -0.181. The summed E-state index contributed by atoms with van der Waals surface area (Å²) in [6, 6.07) is -1.83. The third-order valence-electron chi connectivity index (χ3n) is 4.05. The third-order valence-corrected chi connectivity index (χ3v) is 4.05. The Balaban J connectivity index is 1.88. The minimum atomic E-state index is -1.25. The molecule has 0 saturated carbocycles. The van der Waals surface area contributed by atoms with E-state index in [4.69, 9.17) is 9.47 Å². The number of esters is 1. The number of fused-ring (bicyclic) bond motifs is 3. The van der Waals surface area contributed by atoms with E-state index in [1.54, 1.807) is 20.8 Å². The molecule has 2 N–H and O–H groups in total. The van der Waals surface area contributed by atoms with Crippen molar-refractivity contribution in [2.45, 2.75) is 70.2 Å². The number of hydrogen-bond donors (Lipinski definition) is 2. The Labute approximate surface area is 145 Å². The molecule has 0 unspecified atom stereocenters. The van der Waals surface area contributed by atoms with Gasteiger partial charge in [-0.15, -0.1) is 0 Å². The average molecular weight is 356 g/mol. The highest BCUT2D eigenvalue weighted by Gasteiger charge is 2.43. The second-order valence-electron chi connectivity index (χ2n) is 7.27. The first-order valence-corrected chi connectivity index (χ1v) is 8.29. The van der Waals surface area contributed by atoms with Gasteiger partial charge >= 0.3 is 18.0 Å². The van der Waals surface area contributed by atoms with Crippen molar-refractivity contribution in [1.29, 1.82) is 0 Å². The number of carbonyl (C=O) groups is 4. The Kier molecular flexibility index (Phi) is 5.54. The van der Waals surface area contributed by atoms with Crippen LogP contribution in [0.1, 0.15) is 46.5 Å². The van der Waals surface area contributed by atoms with E-state index in [2.05, 4.69) is 5.32 Å². The summed E-state index contributed by atoms with van der Waals surface area (Å²) >= 11 is 0. The molecule has 3 aliphatic rings. The van der Waals surface area contributed by atoms with Crippen molar-refractivity contribution in [2.75, 3.05) is 6.54 Å². The molecule has 3 saturated heterocycles. The third kappa shape index (κ3) is 5.07. The predicted molar refractivity (Wildman–Crippen MR) is 84.6 cm³/mol. The molecular formula is C16H24N2O7. The van der Waals surface area contributed by atoms with Crippen molar-refractivity contribution < 1.29 is 33.8 Å². The average Bonchev–Trinajstić information content (AvgIpc) is 2.49. The number of piperidine rings is 1. The smallest absolute Gasteiger partial charge is 0.408 e. The molecular weight excluding hydrogens is 332 g/mol. The maximum atomic E-state index is 12.4. The van der Waals surface area contributed by atoms with Crippen LogP contribution in [0.15, 0.2) is 0 Å². The van der Waals surface area contributed by atoms with E-state index in [1.807, 2.05) is 0 Å². The number of hydrogen-bond acceptors (Lipinski definition) is 6. The van der Waals surface area contributed by atoms with E-state index in [0.717, 1.165) is 6.42 Å². The van der Waals surface area contributed by atoms with Crippen LogP contribution in [0.5, 0.6) is 0 Å². The molecule has 9 heteroatoms. The highest BCUT2D eigenvalue weighted by Crippen LogP contribution is 2.28. The van der Waals surface area contributed by atoms with Gasteiger partial charge in [0.2, 0.25) is 5.91 Å². The first kappa shape index (κ1) is 19.0. The summed E-state index contributed by atoms with van der Waals surface area (Å²) in [5, 5.41) is 11.5. The van der Waals surface area contributed by atoms with Gasteiger partial charge in [0.25, 0.3) is 0 Å². The van der Waals surface area contributed by atoms with Gasteiger partial charge in [0.1, 0.15) is 23.8 Å². The summed E-state index contributed by atoms with van der Waals surface area (Å²) in [5.74, 6) is -1.97. The van der Waals surface area contributed by atoms with Gasteiger partial charge in [0, 0.05) is 6.42 Å². The molecule has 140 valence electrons. The topological polar surface area (TPSA) is 122 Å². The molecule has 3 rings (SSSR count). The molecule has 0 aromatic carbocycles. The van der Waals surface area contributed by atoms with Gasteiger partial charge in [-0.1, -0.05) is 0 Å². The number of carbonyl (C=O) groups excluding carboxylic acids is 3. The first-order valence-electron chi connectivity index (χ1n) is 8.29. The number of nitrogens with one attached hydrogen (secondary N) is 1. The number of carboxylic acid groups (broad SMARTS) is 1. The van der Waals surface area contributed by atoms with Crippen LogP contribution in [-0.2, 0) is 23.9 Å². The second-order valence-corrected chi connectivity index (χ2v) is 7.27. The molecule has 0 aromatic rings. The molecule has 0 aliphatic carbocycles. The van der Waals surface area contributed by atoms with Gasteiger partial charge in [-0.3, -0.25) is 4.79 Å². The Bertz CT molecular complexity index is 569. The van der Waals surface area contributed by atoms with Gasteiger partial charge in [-0.25, -0.2) is 14.4 Å². The first-order chi connectivity index (χ1) is 11.6. The lowest BCUT2D eigenvalue weighted by Crippen LogP contribution is -2.59. The summed E-state index contributed by atoms with van der Waals surface area (Å²) in [6.45, 7) is 5.33. The Morgan fingerprint density at radius 1 is 1.36 bits per heavy atom. The van der Waals surface area contributed by atoms with Gasteiger partial charge in [-0.05, 0) is 40.0 Å². The number of ether oxygens (including phenoxy) is 2. The largest absolute Gasteiger partial charge is 0.480 e. The molecule has 0 spiro atoms. The minimum Gasteiger partial charge on any atom is -0.480 e. The maximum Gasteiger partial charge on any atom is 0.408 e. The van der Waals surface area contributed by atoms with Crippen molar-refractivity contribution in [3.8, 4) is 0 Å². The molecule has 2 amide bonds. The maximum absolute atomic E-state index is 12.4. The summed E-state index contributed by atoms with van der Waals surface area (Å²) < 4.78 is 10.2. The number of amides is 2. The van der Waals surface area contributed by atoms with Crippen LogP contribution in [0.3, 0.4) is 0 Å². The fourth-order valence-electron chi connectivity index (χ4n) is 2.92. The molecule has 3 aliphatic heterocycles. The quantitative estimate of drug-likeness (QED) is 0.694. The highest BCUT2D eigenvalue weighted by atomic mass is 16.6. The van der Waals surface area contributed by atoms with E-state index in [1.165, 1.54) is 4.90 Å². The van der Waals surface area contributed by atoms with Gasteiger partial charge in [-0.2, -0.15) is 0 Å². The van der Waals surface area contributed by atoms with E-state index in [-0.39, 0.29) is 24.9 Å². The SMILES string of the molecule is CC(C)(C)OC(=O)N[C@@H](CCC(=O)N1C[C@@H]2CC[C@H]1C(=O)O2)C(=O)O. The van der Waals surface area contributed by atoms with Crippen LogP contribution in [0.25, 0.3) is 0 Å². The number of rotatable bonds is 5. The molecule has 3 atom stereocenters. The summed E-state index contributed by atoms with van der Waals surface area (Å²) in [6.07, 6.45) is -0.0181. The summed E-state index contributed by atoms with van der Waals surface area (Å²) in [4.78, 5) is 48.5. The highest BCUT2D eigenvalue weighted by molar-refractivity contribution is 5.87. The monoisotopic (exact) mass is 356 g/mol. The van der Waals surface area contributed by atoms with Gasteiger partial charge in [0.15, 0.2) is 0 Å². The Morgan fingerprint density at radius 3 is 2.56 bits per heavy atom. The number of aliphatic carboxylic acids is 1. The van der Waals surface area contributed by atoms with Gasteiger partial charge < -0.3 is 24.8 Å². The molecule has 3 heterocycles. The number of alkyl carbamates (subject to hydrolysis) is 1. The molecule has 2 bridgehead atoms. The zero-order valence-corrected chi connectivity index (χ0v) is 14.6. The van der Waals surface area contributed by atoms with E-state index < -0.39 is 35.7 Å². The Hall–Kier alpha value is -2.32. The standard InChI is InChI=1S/C16H24N2O7/c1-16(2,3)25-15(23)17-10(13(20)21)5-7-12(19)18-8-9-4-6-11(18)14(22)24-9/h9-11H,4-8H2,1-3H3,(H,17,23)(H,20,21)/t9-,10-,11-/m0/s1. The van der Waals surface area contributed by atoms with E-state index >= 15 is 0 Å². The molecule has 9 nitrogen and oxygen atoms in total. The van der Waals surface area contributed by atoms with Crippen LogP contribution in [0.4, 0.5) is 4.79 Å². The minimum absolute atomic E-state index is 0.0870. The van der Waals surface area contributed by atoms with Crippen LogP contribution < -0.4 is 5.32 Å². The Morgan fingerprint density at radius 2 is 2.04 bits per heavy atom. The van der Waals surface area contributed by atoms with Crippen LogP contribution in [0, 0.1) is 0 Å². The lowest BCUT2D eigenvalue weighted by Gasteiger charge is -2.43. The summed E-state index contributed by atoms with van der Waals surface area (Å²) in [5.41, 5.74) is -0.754. The number of morpholine rings is 1. The normalized spacial score (nSPS) is 23.6. The fourth-order valence-corrected chi connectivity index (χ4v) is 2.92. The molecule has 0 radical (unpaired) electrons. The second kappa shape index (κ2) is 7.28. The van der Waals surface area contributed by atoms with E-state index in [0.29, 0.717) is 13.0 Å². The van der Waals surface area contributed by atoms with Crippen molar-refractivity contribution in [3.63, 3.8) is 0 Å². The zero-order chi connectivity index (χ0) is 18.8. The lowest BCUT2D eigenvalue weighted by atomic mass is 9.95. The fraction of sp³-hybridized carbons (Fsp3) is 0.750. The molecule has 25 heavy (non-hydrogen) atoms. The van der Waals surface area contributed by atoms with Crippen LogP contribution >= 0.6 is 0 Å². The van der Waals surface area contributed by atoms with Crippen molar-refractivity contribution in [1.82, 2.24) is 10.2 Å². The summed E-state index contributed by atoms with van der Waals surface area (Å²) in [7, 11) is 0. The van der Waals surface area contributed by atoms with Crippen molar-refractivity contribution >= 4 is 23.9 Å². The van der Waals surface area contributed by atoms with Crippen LogP contribution in [0.2, 0.25) is 0 Å². The van der Waals surface area contributed by atoms with Crippen molar-refractivity contribution in [2.24, 2.45) is 0 Å². The molecule has 0 aromatic heterocycles.